The van der Waals surface area contributed by atoms with Gasteiger partial charge in [0.2, 0.25) is 5.91 Å². The molecular weight excluding hydrogens is 228 g/mol. The maximum absolute atomic E-state index is 11.0. The SMILES string of the molecule is N[C@@H](CCCCNC(=O)CCC(=O)[O-])C(=O)O. The number of carbonyl (C=O) groups is 3. The molecule has 0 rings (SSSR count). The lowest BCUT2D eigenvalue weighted by Crippen LogP contribution is -2.30. The van der Waals surface area contributed by atoms with Gasteiger partial charge in [0.05, 0.1) is 0 Å². The van der Waals surface area contributed by atoms with E-state index in [9.17, 15) is 19.5 Å². The van der Waals surface area contributed by atoms with E-state index in [1.54, 1.807) is 0 Å². The van der Waals surface area contributed by atoms with Crippen molar-refractivity contribution < 1.29 is 24.6 Å². The molecule has 4 N–H and O–H groups in total. The summed E-state index contributed by atoms with van der Waals surface area (Å²) < 4.78 is 0. The van der Waals surface area contributed by atoms with Crippen molar-refractivity contribution >= 4 is 17.8 Å². The van der Waals surface area contributed by atoms with Gasteiger partial charge in [-0.25, -0.2) is 0 Å². The molecule has 0 aromatic rings. The molecule has 0 fully saturated rings. The van der Waals surface area contributed by atoms with Crippen LogP contribution in [0.15, 0.2) is 0 Å². The second kappa shape index (κ2) is 8.51. The number of unbranched alkanes of at least 4 members (excludes halogenated alkanes) is 1. The van der Waals surface area contributed by atoms with Crippen molar-refractivity contribution in [2.45, 2.75) is 38.1 Å². The van der Waals surface area contributed by atoms with Gasteiger partial charge in [0.15, 0.2) is 0 Å². The van der Waals surface area contributed by atoms with Gasteiger partial charge in [-0.1, -0.05) is 0 Å². The Morgan fingerprint density at radius 1 is 1.24 bits per heavy atom. The minimum Gasteiger partial charge on any atom is -0.550 e. The van der Waals surface area contributed by atoms with Crippen molar-refractivity contribution in [3.63, 3.8) is 0 Å². The molecule has 7 nitrogen and oxygen atoms in total. The summed E-state index contributed by atoms with van der Waals surface area (Å²) in [6.07, 6.45) is 1.16. The highest BCUT2D eigenvalue weighted by Crippen LogP contribution is 1.98. The molecule has 1 atom stereocenters. The minimum atomic E-state index is -1.26. The van der Waals surface area contributed by atoms with Crippen LogP contribution in [0, 0.1) is 0 Å². The number of nitrogens with one attached hydrogen (secondary N) is 1. The fourth-order valence-corrected chi connectivity index (χ4v) is 1.14. The molecule has 0 bridgehead atoms. The van der Waals surface area contributed by atoms with Gasteiger partial charge in [0, 0.05) is 18.9 Å². The average molecular weight is 245 g/mol. The van der Waals surface area contributed by atoms with Gasteiger partial charge in [-0.05, 0) is 25.7 Å². The van der Waals surface area contributed by atoms with Gasteiger partial charge >= 0.3 is 5.97 Å². The Bertz CT molecular complexity index is 280. The van der Waals surface area contributed by atoms with E-state index in [2.05, 4.69) is 5.32 Å². The number of carboxylic acids is 2. The zero-order valence-electron chi connectivity index (χ0n) is 9.48. The minimum absolute atomic E-state index is 0.100. The number of carbonyl (C=O) groups excluding carboxylic acids is 2. The Morgan fingerprint density at radius 3 is 2.41 bits per heavy atom. The summed E-state index contributed by atoms with van der Waals surface area (Å²) in [6, 6.07) is -0.871. The van der Waals surface area contributed by atoms with Crippen molar-refractivity contribution in [1.82, 2.24) is 5.32 Å². The first kappa shape index (κ1) is 15.4. The predicted octanol–water partition coefficient (Wildman–Crippen LogP) is -1.79. The maximum Gasteiger partial charge on any atom is 0.320 e. The van der Waals surface area contributed by atoms with Gasteiger partial charge in [-0.2, -0.15) is 0 Å². The van der Waals surface area contributed by atoms with Gasteiger partial charge in [0.25, 0.3) is 0 Å². The molecule has 0 aliphatic rings. The molecule has 0 aromatic carbocycles. The summed E-state index contributed by atoms with van der Waals surface area (Å²) in [5.41, 5.74) is 5.28. The van der Waals surface area contributed by atoms with Crippen LogP contribution in [0.4, 0.5) is 0 Å². The second-order valence-corrected chi connectivity index (χ2v) is 3.66. The third kappa shape index (κ3) is 9.31. The standard InChI is InChI=1S/C10H18N2O5/c11-7(10(16)17)3-1-2-6-12-8(13)4-5-9(14)15/h7H,1-6,11H2,(H,12,13)(H,14,15)(H,16,17)/p-1/t7-/m0/s1. The maximum atomic E-state index is 11.0. The molecule has 0 saturated heterocycles. The van der Waals surface area contributed by atoms with Crippen LogP contribution >= 0.6 is 0 Å². The lowest BCUT2D eigenvalue weighted by Gasteiger charge is -2.07. The summed E-state index contributed by atoms with van der Waals surface area (Å²) in [7, 11) is 0. The number of carboxylic acid groups (broad SMARTS) is 2. The van der Waals surface area contributed by atoms with Gasteiger partial charge < -0.3 is 26.1 Å². The largest absolute Gasteiger partial charge is 0.550 e. The van der Waals surface area contributed by atoms with E-state index < -0.39 is 18.0 Å². The number of amides is 1. The topological polar surface area (TPSA) is 133 Å². The summed E-state index contributed by atoms with van der Waals surface area (Å²) in [4.78, 5) is 31.5. The number of aliphatic carboxylic acids is 2. The highest BCUT2D eigenvalue weighted by Gasteiger charge is 2.10. The Balaban J connectivity index is 3.42. The molecule has 0 heterocycles. The normalized spacial score (nSPS) is 11.8. The number of nitrogens with two attached hydrogens (primary N) is 1. The number of rotatable bonds is 9. The molecule has 0 spiro atoms. The second-order valence-electron chi connectivity index (χ2n) is 3.66. The first-order chi connectivity index (χ1) is 7.93. The fraction of sp³-hybridized carbons (Fsp3) is 0.700. The molecule has 7 heteroatoms. The smallest absolute Gasteiger partial charge is 0.320 e. The summed E-state index contributed by atoms with van der Waals surface area (Å²) in [5.74, 6) is -2.65. The molecule has 0 aromatic heterocycles. The van der Waals surface area contributed by atoms with Crippen LogP contribution in [0.1, 0.15) is 32.1 Å². The third-order valence-corrected chi connectivity index (χ3v) is 2.14. The average Bonchev–Trinajstić information content (AvgIpc) is 2.25. The third-order valence-electron chi connectivity index (χ3n) is 2.14. The van der Waals surface area contributed by atoms with E-state index in [1.807, 2.05) is 0 Å². The molecular formula is C10H17N2O5-. The molecule has 0 radical (unpaired) electrons. The van der Waals surface area contributed by atoms with Crippen LogP contribution in [0.3, 0.4) is 0 Å². The van der Waals surface area contributed by atoms with Crippen LogP contribution in [0.25, 0.3) is 0 Å². The van der Waals surface area contributed by atoms with Crippen LogP contribution in [-0.2, 0) is 14.4 Å². The molecule has 0 saturated carbocycles. The van der Waals surface area contributed by atoms with E-state index >= 15 is 0 Å². The Labute approximate surface area is 99.0 Å². The molecule has 98 valence electrons. The highest BCUT2D eigenvalue weighted by atomic mass is 16.4. The fourth-order valence-electron chi connectivity index (χ4n) is 1.14. The quantitative estimate of drug-likeness (QED) is 0.411. The first-order valence-corrected chi connectivity index (χ1v) is 5.38. The Hall–Kier alpha value is -1.63. The van der Waals surface area contributed by atoms with Crippen LogP contribution < -0.4 is 16.2 Å². The Morgan fingerprint density at radius 2 is 1.88 bits per heavy atom. The van der Waals surface area contributed by atoms with E-state index in [4.69, 9.17) is 10.8 Å². The van der Waals surface area contributed by atoms with Gasteiger partial charge in [-0.3, -0.25) is 9.59 Å². The highest BCUT2D eigenvalue weighted by molar-refractivity contribution is 5.79. The lowest BCUT2D eigenvalue weighted by molar-refractivity contribution is -0.305. The van der Waals surface area contributed by atoms with E-state index in [0.717, 1.165) is 0 Å². The van der Waals surface area contributed by atoms with Crippen molar-refractivity contribution in [3.8, 4) is 0 Å². The van der Waals surface area contributed by atoms with E-state index in [-0.39, 0.29) is 18.7 Å². The summed E-state index contributed by atoms with van der Waals surface area (Å²) in [5, 5.41) is 21.1. The van der Waals surface area contributed by atoms with Crippen molar-refractivity contribution in [3.05, 3.63) is 0 Å². The van der Waals surface area contributed by atoms with Crippen molar-refractivity contribution in [2.24, 2.45) is 5.73 Å². The number of hydrogen-bond acceptors (Lipinski definition) is 5. The van der Waals surface area contributed by atoms with Crippen molar-refractivity contribution in [2.75, 3.05) is 6.54 Å². The monoisotopic (exact) mass is 245 g/mol. The molecule has 1 amide bonds. The van der Waals surface area contributed by atoms with E-state index in [0.29, 0.717) is 25.8 Å². The van der Waals surface area contributed by atoms with E-state index in [1.165, 1.54) is 0 Å². The Kier molecular flexibility index (Phi) is 7.70. The summed E-state index contributed by atoms with van der Waals surface area (Å²) >= 11 is 0. The number of hydrogen-bond donors (Lipinski definition) is 3. The predicted molar refractivity (Wildman–Crippen MR) is 56.7 cm³/mol. The van der Waals surface area contributed by atoms with Crippen molar-refractivity contribution in [1.29, 1.82) is 0 Å². The lowest BCUT2D eigenvalue weighted by atomic mass is 10.1. The molecule has 0 aliphatic heterocycles. The summed E-state index contributed by atoms with van der Waals surface area (Å²) in [6.45, 7) is 0.387. The van der Waals surface area contributed by atoms with Gasteiger partial charge in [0.1, 0.15) is 6.04 Å². The zero-order valence-corrected chi connectivity index (χ0v) is 9.48. The van der Waals surface area contributed by atoms with Crippen LogP contribution in [0.5, 0.6) is 0 Å². The zero-order chi connectivity index (χ0) is 13.3. The first-order valence-electron chi connectivity index (χ1n) is 5.38. The molecule has 0 unspecified atom stereocenters. The van der Waals surface area contributed by atoms with Crippen LogP contribution in [0.2, 0.25) is 0 Å². The molecule has 17 heavy (non-hydrogen) atoms. The van der Waals surface area contributed by atoms with Gasteiger partial charge in [-0.15, -0.1) is 0 Å². The molecule has 0 aliphatic carbocycles. The van der Waals surface area contributed by atoms with Crippen LogP contribution in [-0.4, -0.2) is 35.5 Å².